The van der Waals surface area contributed by atoms with Crippen molar-refractivity contribution in [2.24, 2.45) is 4.99 Å². The van der Waals surface area contributed by atoms with Crippen LogP contribution in [0.2, 0.25) is 0 Å². The summed E-state index contributed by atoms with van der Waals surface area (Å²) in [5, 5.41) is 24.1. The van der Waals surface area contributed by atoms with Gasteiger partial charge in [0.1, 0.15) is 0 Å². The Bertz CT molecular complexity index is 1020. The van der Waals surface area contributed by atoms with E-state index in [0.717, 1.165) is 16.8 Å². The van der Waals surface area contributed by atoms with Crippen molar-refractivity contribution in [2.45, 2.75) is 31.9 Å². The molecule has 3 rings (SSSR count). The average molecular weight is 411 g/mol. The molecule has 2 aromatic carbocycles. The van der Waals surface area contributed by atoms with Gasteiger partial charge in [-0.3, -0.25) is 15.0 Å². The number of carboxylic acid groups (broad SMARTS) is 1. The molecule has 2 atom stereocenters. The smallest absolute Gasteiger partial charge is 0.411 e. The van der Waals surface area contributed by atoms with Crippen LogP contribution in [0, 0.1) is 0 Å². The van der Waals surface area contributed by atoms with Crippen molar-refractivity contribution in [3.05, 3.63) is 53.6 Å². The third-order valence-electron chi connectivity index (χ3n) is 5.08. The van der Waals surface area contributed by atoms with E-state index in [1.54, 1.807) is 32.0 Å². The summed E-state index contributed by atoms with van der Waals surface area (Å²) in [6.07, 6.45) is -1.80. The Kier molecular flexibility index (Phi) is 5.66. The molecule has 0 fully saturated rings. The molecular formula is C21H25N5O4. The molecule has 30 heavy (non-hydrogen) atoms. The van der Waals surface area contributed by atoms with Gasteiger partial charge < -0.3 is 21.3 Å². The van der Waals surface area contributed by atoms with Gasteiger partial charge in [0.2, 0.25) is 11.9 Å². The first-order valence-electron chi connectivity index (χ1n) is 9.40. The van der Waals surface area contributed by atoms with E-state index in [4.69, 9.17) is 10.8 Å². The third kappa shape index (κ3) is 4.36. The van der Waals surface area contributed by atoms with Gasteiger partial charge in [-0.15, -0.1) is 0 Å². The fraction of sp³-hybridized carbons (Fsp3) is 0.286. The largest absolute Gasteiger partial charge is 0.465 e. The van der Waals surface area contributed by atoms with Gasteiger partial charge in [-0.1, -0.05) is 18.2 Å². The second kappa shape index (κ2) is 8.03. The summed E-state index contributed by atoms with van der Waals surface area (Å²) in [6, 6.07) is 12.7. The van der Waals surface area contributed by atoms with E-state index in [0.29, 0.717) is 11.4 Å². The van der Waals surface area contributed by atoms with Crippen molar-refractivity contribution in [1.29, 1.82) is 0 Å². The predicted molar refractivity (Wildman–Crippen MR) is 115 cm³/mol. The standard InChI is InChI=1S/C21H25N5O4/c1-12(27)13-7-8-17(16(22)9-13)23-15-6-4-5-14(10-15)21(2)11-18(28)26(3)19(25-21)24-20(29)30/h4-10,12,23,27H,11,22H2,1-3H3,(H,24,25)(H,29,30)/t12?,21-/m0/s1. The van der Waals surface area contributed by atoms with Crippen LogP contribution in [-0.2, 0) is 10.3 Å². The molecule has 1 aliphatic heterocycles. The quantitative estimate of drug-likeness (QED) is 0.490. The Morgan fingerprint density at radius 3 is 2.67 bits per heavy atom. The van der Waals surface area contributed by atoms with Crippen LogP contribution in [0.1, 0.15) is 37.5 Å². The summed E-state index contributed by atoms with van der Waals surface area (Å²) in [5.74, 6) is -0.259. The molecule has 0 spiro atoms. The number of aliphatic imine (C=N–C) groups is 1. The van der Waals surface area contributed by atoms with E-state index >= 15 is 0 Å². The van der Waals surface area contributed by atoms with Gasteiger partial charge in [0, 0.05) is 12.7 Å². The van der Waals surface area contributed by atoms with Crippen LogP contribution in [-0.4, -0.2) is 40.1 Å². The van der Waals surface area contributed by atoms with E-state index in [1.165, 1.54) is 11.9 Å². The topological polar surface area (TPSA) is 140 Å². The van der Waals surface area contributed by atoms with Crippen LogP contribution in [0.4, 0.5) is 21.9 Å². The maximum absolute atomic E-state index is 12.4. The van der Waals surface area contributed by atoms with Gasteiger partial charge in [0.05, 0.1) is 29.4 Å². The summed E-state index contributed by atoms with van der Waals surface area (Å²) in [5.41, 5.74) is 8.55. The van der Waals surface area contributed by atoms with Crippen LogP contribution < -0.4 is 16.4 Å². The molecule has 0 saturated heterocycles. The number of hydrogen-bond acceptors (Lipinski definition) is 6. The van der Waals surface area contributed by atoms with Crippen molar-refractivity contribution in [2.75, 3.05) is 18.1 Å². The number of benzene rings is 2. The average Bonchev–Trinajstić information content (AvgIpc) is 2.67. The molecular weight excluding hydrogens is 386 g/mol. The Morgan fingerprint density at radius 1 is 1.30 bits per heavy atom. The zero-order valence-electron chi connectivity index (χ0n) is 17.0. The lowest BCUT2D eigenvalue weighted by Gasteiger charge is -2.34. The van der Waals surface area contributed by atoms with Gasteiger partial charge in [0.15, 0.2) is 0 Å². The van der Waals surface area contributed by atoms with Crippen molar-refractivity contribution < 1.29 is 19.8 Å². The molecule has 0 aromatic heterocycles. The molecule has 1 aliphatic rings. The highest BCUT2D eigenvalue weighted by Crippen LogP contribution is 2.35. The van der Waals surface area contributed by atoms with Crippen molar-refractivity contribution in [3.63, 3.8) is 0 Å². The molecule has 6 N–H and O–H groups in total. The number of carbonyl (C=O) groups excluding carboxylic acids is 1. The lowest BCUT2D eigenvalue weighted by molar-refractivity contribution is -0.128. The highest BCUT2D eigenvalue weighted by molar-refractivity contribution is 6.04. The van der Waals surface area contributed by atoms with E-state index in [-0.39, 0.29) is 18.3 Å². The number of carbonyl (C=O) groups is 2. The van der Waals surface area contributed by atoms with Gasteiger partial charge in [-0.05, 0) is 49.2 Å². The molecule has 9 heteroatoms. The molecule has 2 aromatic rings. The number of nitrogens with one attached hydrogen (secondary N) is 2. The van der Waals surface area contributed by atoms with Gasteiger partial charge in [-0.2, -0.15) is 0 Å². The van der Waals surface area contributed by atoms with E-state index < -0.39 is 17.7 Å². The van der Waals surface area contributed by atoms with Crippen LogP contribution in [0.3, 0.4) is 0 Å². The molecule has 1 heterocycles. The first kappa shape index (κ1) is 21.1. The molecule has 9 nitrogen and oxygen atoms in total. The molecule has 158 valence electrons. The minimum Gasteiger partial charge on any atom is -0.465 e. The maximum atomic E-state index is 12.4. The van der Waals surface area contributed by atoms with Gasteiger partial charge in [0.25, 0.3) is 0 Å². The van der Waals surface area contributed by atoms with Crippen molar-refractivity contribution in [3.8, 4) is 0 Å². The minimum atomic E-state index is -1.29. The van der Waals surface area contributed by atoms with Gasteiger partial charge in [-0.25, -0.2) is 9.79 Å². The molecule has 1 unspecified atom stereocenters. The fourth-order valence-electron chi connectivity index (χ4n) is 3.30. The lowest BCUT2D eigenvalue weighted by atomic mass is 9.87. The van der Waals surface area contributed by atoms with Gasteiger partial charge >= 0.3 is 6.09 Å². The normalized spacial score (nSPS) is 19.8. The van der Waals surface area contributed by atoms with E-state index in [1.807, 2.05) is 24.3 Å². The predicted octanol–water partition coefficient (Wildman–Crippen LogP) is 2.77. The van der Waals surface area contributed by atoms with E-state index in [2.05, 4.69) is 15.6 Å². The summed E-state index contributed by atoms with van der Waals surface area (Å²) < 4.78 is 0. The second-order valence-electron chi connectivity index (χ2n) is 7.50. The Balaban J connectivity index is 1.92. The molecule has 0 bridgehead atoms. The molecule has 0 saturated carbocycles. The number of nitrogen functional groups attached to an aromatic ring is 1. The van der Waals surface area contributed by atoms with Crippen LogP contribution in [0.15, 0.2) is 47.5 Å². The number of aliphatic hydroxyl groups excluding tert-OH is 1. The molecule has 0 aliphatic carbocycles. The number of anilines is 3. The summed E-state index contributed by atoms with van der Waals surface area (Å²) >= 11 is 0. The second-order valence-corrected chi connectivity index (χ2v) is 7.50. The Hall–Kier alpha value is -3.59. The highest BCUT2D eigenvalue weighted by Gasteiger charge is 2.37. The summed E-state index contributed by atoms with van der Waals surface area (Å²) in [7, 11) is 1.48. The number of rotatable bonds is 4. The first-order chi connectivity index (χ1) is 14.1. The zero-order chi connectivity index (χ0) is 22.1. The highest BCUT2D eigenvalue weighted by atomic mass is 16.4. The third-order valence-corrected chi connectivity index (χ3v) is 5.08. The minimum absolute atomic E-state index is 0.0161. The lowest BCUT2D eigenvalue weighted by Crippen LogP contribution is -2.51. The van der Waals surface area contributed by atoms with Crippen molar-refractivity contribution >= 4 is 35.0 Å². The van der Waals surface area contributed by atoms with Crippen LogP contribution in [0.5, 0.6) is 0 Å². The first-order valence-corrected chi connectivity index (χ1v) is 9.40. The zero-order valence-corrected chi connectivity index (χ0v) is 17.0. The number of hydrogen-bond donors (Lipinski definition) is 5. The number of amides is 2. The number of guanidine groups is 1. The summed E-state index contributed by atoms with van der Waals surface area (Å²) in [6.45, 7) is 3.45. The maximum Gasteiger partial charge on any atom is 0.411 e. The number of nitrogens with zero attached hydrogens (tertiary/aromatic N) is 2. The SMILES string of the molecule is CC(O)c1ccc(Nc2cccc([C@]3(C)CC(=O)N(C)C(NC(=O)O)=N3)c2)c(N)c1. The number of aliphatic hydroxyl groups is 1. The van der Waals surface area contributed by atoms with Crippen LogP contribution >= 0.6 is 0 Å². The van der Waals surface area contributed by atoms with Crippen molar-refractivity contribution in [1.82, 2.24) is 10.2 Å². The fourth-order valence-corrected chi connectivity index (χ4v) is 3.30. The monoisotopic (exact) mass is 411 g/mol. The summed E-state index contributed by atoms with van der Waals surface area (Å²) in [4.78, 5) is 29.2. The molecule has 2 amide bonds. The Morgan fingerprint density at radius 2 is 2.03 bits per heavy atom. The number of nitrogens with two attached hydrogens (primary N) is 1. The Labute approximate surface area is 174 Å². The molecule has 0 radical (unpaired) electrons. The van der Waals surface area contributed by atoms with Crippen LogP contribution in [0.25, 0.3) is 0 Å². The van der Waals surface area contributed by atoms with E-state index in [9.17, 15) is 14.7 Å².